The van der Waals surface area contributed by atoms with Crippen molar-refractivity contribution in [2.45, 2.75) is 53.6 Å². The van der Waals surface area contributed by atoms with Gasteiger partial charge in [0.2, 0.25) is 0 Å². The quantitative estimate of drug-likeness (QED) is 0.396. The summed E-state index contributed by atoms with van der Waals surface area (Å²) in [7, 11) is 3.79. The van der Waals surface area contributed by atoms with Crippen molar-refractivity contribution in [3.63, 3.8) is 0 Å². The van der Waals surface area contributed by atoms with E-state index in [4.69, 9.17) is 0 Å². The lowest BCUT2D eigenvalue weighted by Crippen LogP contribution is -2.42. The van der Waals surface area contributed by atoms with Crippen molar-refractivity contribution in [2.75, 3.05) is 7.05 Å². The van der Waals surface area contributed by atoms with Crippen molar-refractivity contribution in [1.29, 1.82) is 0 Å². The van der Waals surface area contributed by atoms with Crippen LogP contribution in [0.4, 0.5) is 0 Å². The van der Waals surface area contributed by atoms with Crippen molar-refractivity contribution in [2.24, 2.45) is 12.0 Å². The average Bonchev–Trinajstić information content (AvgIpc) is 2.96. The number of thiazole rings is 1. The Morgan fingerprint density at radius 2 is 1.92 bits per heavy atom. The second-order valence-electron chi connectivity index (χ2n) is 6.19. The van der Waals surface area contributed by atoms with Crippen LogP contribution in [-0.2, 0) is 20.0 Å². The number of rotatable bonds is 5. The number of aryl methyl sites for hydroxylation is 4. The summed E-state index contributed by atoms with van der Waals surface area (Å²) in [5.41, 5.74) is 4.72. The van der Waals surface area contributed by atoms with Crippen LogP contribution < -0.4 is 10.6 Å². The van der Waals surface area contributed by atoms with Crippen LogP contribution in [0, 0.1) is 27.7 Å². The standard InChI is InChI=1S/C17H28N6S.HI/c1-10(8-15-11(2)22-23(7)13(15)4)20-17(18-6)19-9-16-12(3)21-14(5)24-16;/h10H,8-9H2,1-7H3,(H2,18,19,20);1H. The summed E-state index contributed by atoms with van der Waals surface area (Å²) in [5, 5.41) is 12.4. The largest absolute Gasteiger partial charge is 0.354 e. The first-order valence-electron chi connectivity index (χ1n) is 8.21. The summed E-state index contributed by atoms with van der Waals surface area (Å²) in [6.07, 6.45) is 0.922. The zero-order valence-corrected chi connectivity index (χ0v) is 19.2. The number of halogens is 1. The molecule has 0 aromatic carbocycles. The summed E-state index contributed by atoms with van der Waals surface area (Å²) in [4.78, 5) is 10.0. The Morgan fingerprint density at radius 1 is 1.24 bits per heavy atom. The molecule has 0 amide bonds. The first kappa shape index (κ1) is 21.9. The van der Waals surface area contributed by atoms with Gasteiger partial charge in [0.05, 0.1) is 22.9 Å². The van der Waals surface area contributed by atoms with Crippen LogP contribution in [0.3, 0.4) is 0 Å². The Morgan fingerprint density at radius 3 is 2.40 bits per heavy atom. The van der Waals surface area contributed by atoms with E-state index >= 15 is 0 Å². The first-order chi connectivity index (χ1) is 11.3. The van der Waals surface area contributed by atoms with Crippen LogP contribution >= 0.6 is 35.3 Å². The van der Waals surface area contributed by atoms with Gasteiger partial charge in [-0.05, 0) is 46.6 Å². The number of nitrogens with one attached hydrogen (secondary N) is 2. The third kappa shape index (κ3) is 5.67. The molecule has 0 spiro atoms. The summed E-state index contributed by atoms with van der Waals surface area (Å²) in [5.74, 6) is 0.812. The van der Waals surface area contributed by atoms with E-state index in [-0.39, 0.29) is 30.0 Å². The van der Waals surface area contributed by atoms with E-state index in [0.717, 1.165) is 35.3 Å². The Balaban J connectivity index is 0.00000312. The number of hydrogen-bond acceptors (Lipinski definition) is 4. The normalized spacial score (nSPS) is 12.7. The van der Waals surface area contributed by atoms with Crippen molar-refractivity contribution in [3.8, 4) is 0 Å². The molecule has 2 rings (SSSR count). The Hall–Kier alpha value is -1.16. The Labute approximate surface area is 171 Å². The van der Waals surface area contributed by atoms with Crippen LogP contribution in [0.5, 0.6) is 0 Å². The molecule has 25 heavy (non-hydrogen) atoms. The lowest BCUT2D eigenvalue weighted by molar-refractivity contribution is 0.635. The molecule has 0 saturated heterocycles. The highest BCUT2D eigenvalue weighted by Crippen LogP contribution is 2.17. The molecule has 0 aliphatic rings. The molecule has 0 bridgehead atoms. The van der Waals surface area contributed by atoms with Gasteiger partial charge < -0.3 is 10.6 Å². The van der Waals surface area contributed by atoms with E-state index in [0.29, 0.717) is 0 Å². The molecule has 0 aliphatic heterocycles. The van der Waals surface area contributed by atoms with E-state index in [2.05, 4.69) is 46.5 Å². The molecule has 0 radical (unpaired) electrons. The van der Waals surface area contributed by atoms with Crippen LogP contribution in [0.15, 0.2) is 4.99 Å². The highest BCUT2D eigenvalue weighted by Gasteiger charge is 2.14. The van der Waals surface area contributed by atoms with E-state index < -0.39 is 0 Å². The maximum Gasteiger partial charge on any atom is 0.191 e. The van der Waals surface area contributed by atoms with Gasteiger partial charge in [-0.15, -0.1) is 35.3 Å². The monoisotopic (exact) mass is 476 g/mol. The highest BCUT2D eigenvalue weighted by molar-refractivity contribution is 14.0. The fourth-order valence-corrected chi connectivity index (χ4v) is 3.68. The molecule has 2 heterocycles. The van der Waals surface area contributed by atoms with Crippen molar-refractivity contribution < 1.29 is 0 Å². The Bertz CT molecular complexity index is 734. The molecular weight excluding hydrogens is 447 g/mol. The smallest absolute Gasteiger partial charge is 0.191 e. The molecule has 2 aromatic rings. The highest BCUT2D eigenvalue weighted by atomic mass is 127. The predicted molar refractivity (Wildman–Crippen MR) is 116 cm³/mol. The van der Waals surface area contributed by atoms with E-state index in [1.165, 1.54) is 16.1 Å². The number of aliphatic imine (C=N–C) groups is 1. The van der Waals surface area contributed by atoms with Gasteiger partial charge >= 0.3 is 0 Å². The minimum atomic E-state index is 0. The van der Waals surface area contributed by atoms with Crippen LogP contribution in [0.2, 0.25) is 0 Å². The second-order valence-corrected chi connectivity index (χ2v) is 7.48. The van der Waals surface area contributed by atoms with Crippen LogP contribution in [0.25, 0.3) is 0 Å². The third-order valence-electron chi connectivity index (χ3n) is 4.19. The minimum absolute atomic E-state index is 0. The number of guanidine groups is 1. The van der Waals surface area contributed by atoms with E-state index in [9.17, 15) is 0 Å². The van der Waals surface area contributed by atoms with Crippen molar-refractivity contribution >= 4 is 41.3 Å². The first-order valence-corrected chi connectivity index (χ1v) is 9.02. The summed E-state index contributed by atoms with van der Waals surface area (Å²) in [6, 6.07) is 0.266. The van der Waals surface area contributed by atoms with Gasteiger partial charge in [0.25, 0.3) is 0 Å². The van der Waals surface area contributed by atoms with Crippen LogP contribution in [-0.4, -0.2) is 33.8 Å². The summed E-state index contributed by atoms with van der Waals surface area (Å²) < 4.78 is 1.94. The topological polar surface area (TPSA) is 67.1 Å². The lowest BCUT2D eigenvalue weighted by Gasteiger charge is -2.18. The SMILES string of the molecule is CN=C(NCc1sc(C)nc1C)NC(C)Cc1c(C)nn(C)c1C.I. The molecule has 0 aliphatic carbocycles. The Kier molecular flexibility index (Phi) is 8.33. The zero-order chi connectivity index (χ0) is 17.9. The molecule has 140 valence electrons. The number of nitrogens with zero attached hydrogens (tertiary/aromatic N) is 4. The van der Waals surface area contributed by atoms with Crippen molar-refractivity contribution in [3.05, 3.63) is 32.5 Å². The number of aromatic nitrogens is 3. The van der Waals surface area contributed by atoms with Crippen LogP contribution in [0.1, 0.15) is 39.5 Å². The molecule has 1 unspecified atom stereocenters. The van der Waals surface area contributed by atoms with E-state index in [1.807, 2.05) is 25.6 Å². The third-order valence-corrected chi connectivity index (χ3v) is 5.26. The second kappa shape index (κ2) is 9.51. The molecule has 6 nitrogen and oxygen atoms in total. The number of hydrogen-bond donors (Lipinski definition) is 2. The van der Waals surface area contributed by atoms with E-state index in [1.54, 1.807) is 18.4 Å². The van der Waals surface area contributed by atoms with Gasteiger partial charge in [-0.2, -0.15) is 5.10 Å². The zero-order valence-electron chi connectivity index (χ0n) is 16.1. The molecule has 0 saturated carbocycles. The van der Waals surface area contributed by atoms with Gasteiger partial charge in [0.15, 0.2) is 5.96 Å². The maximum absolute atomic E-state index is 4.49. The summed E-state index contributed by atoms with van der Waals surface area (Å²) >= 11 is 1.73. The van der Waals surface area contributed by atoms with Crippen molar-refractivity contribution in [1.82, 2.24) is 25.4 Å². The van der Waals surface area contributed by atoms with Gasteiger partial charge in [-0.1, -0.05) is 0 Å². The lowest BCUT2D eigenvalue weighted by atomic mass is 10.1. The van der Waals surface area contributed by atoms with Gasteiger partial charge in [-0.25, -0.2) is 4.98 Å². The fraction of sp³-hybridized carbons (Fsp3) is 0.588. The van der Waals surface area contributed by atoms with Gasteiger partial charge in [0.1, 0.15) is 0 Å². The molecule has 2 N–H and O–H groups in total. The molecular formula is C17H29IN6S. The van der Waals surface area contributed by atoms with Gasteiger partial charge in [0, 0.05) is 30.7 Å². The minimum Gasteiger partial charge on any atom is -0.354 e. The van der Waals surface area contributed by atoms with Gasteiger partial charge in [-0.3, -0.25) is 9.67 Å². The molecule has 8 heteroatoms. The predicted octanol–water partition coefficient (Wildman–Crippen LogP) is 3.02. The molecule has 1 atom stereocenters. The average molecular weight is 476 g/mol. The maximum atomic E-state index is 4.49. The molecule has 2 aromatic heterocycles. The molecule has 0 fully saturated rings. The fourth-order valence-electron chi connectivity index (χ4n) is 2.80. The summed E-state index contributed by atoms with van der Waals surface area (Å²) in [6.45, 7) is 11.2.